The zero-order valence-corrected chi connectivity index (χ0v) is 10.9. The first-order chi connectivity index (χ1) is 9.20. The molecule has 1 aliphatic heterocycles. The van der Waals surface area contributed by atoms with E-state index in [-0.39, 0.29) is 0 Å². The molecule has 2 heterocycles. The molecule has 0 saturated heterocycles. The summed E-state index contributed by atoms with van der Waals surface area (Å²) in [5.74, 6) is 2.12. The van der Waals surface area contributed by atoms with Crippen molar-refractivity contribution in [2.75, 3.05) is 18.5 Å². The molecule has 0 radical (unpaired) electrons. The van der Waals surface area contributed by atoms with Crippen molar-refractivity contribution in [1.29, 1.82) is 0 Å². The lowest BCUT2D eigenvalue weighted by molar-refractivity contribution is 0.171. The smallest absolute Gasteiger partial charge is 0.227 e. The maximum absolute atomic E-state index is 5.54. The number of rotatable bonds is 2. The Balaban J connectivity index is 1.86. The Hall–Kier alpha value is -2.30. The molecule has 0 aliphatic carbocycles. The second kappa shape index (κ2) is 4.76. The number of benzene rings is 1. The van der Waals surface area contributed by atoms with Crippen LogP contribution in [0.1, 0.15) is 11.4 Å². The zero-order valence-electron chi connectivity index (χ0n) is 10.9. The minimum Gasteiger partial charge on any atom is -0.486 e. The van der Waals surface area contributed by atoms with Gasteiger partial charge in [0.15, 0.2) is 11.5 Å². The summed E-state index contributed by atoms with van der Waals surface area (Å²) in [5, 5.41) is 3.18. The molecule has 19 heavy (non-hydrogen) atoms. The lowest BCUT2D eigenvalue weighted by Crippen LogP contribution is -2.15. The van der Waals surface area contributed by atoms with Gasteiger partial charge in [0.05, 0.1) is 0 Å². The van der Waals surface area contributed by atoms with E-state index in [4.69, 9.17) is 9.47 Å². The summed E-state index contributed by atoms with van der Waals surface area (Å²) in [6.45, 7) is 5.07. The van der Waals surface area contributed by atoms with E-state index in [2.05, 4.69) is 15.3 Å². The van der Waals surface area contributed by atoms with E-state index in [9.17, 15) is 0 Å². The van der Waals surface area contributed by atoms with Gasteiger partial charge in [-0.1, -0.05) is 0 Å². The number of anilines is 2. The number of aryl methyl sites for hydroxylation is 2. The van der Waals surface area contributed by atoms with Crippen LogP contribution in [-0.2, 0) is 0 Å². The van der Waals surface area contributed by atoms with Gasteiger partial charge in [-0.2, -0.15) is 0 Å². The average Bonchev–Trinajstić information content (AvgIpc) is 2.37. The Labute approximate surface area is 111 Å². The first kappa shape index (κ1) is 11.8. The summed E-state index contributed by atoms with van der Waals surface area (Å²) in [7, 11) is 0. The van der Waals surface area contributed by atoms with E-state index < -0.39 is 0 Å². The Morgan fingerprint density at radius 2 is 1.63 bits per heavy atom. The third-order valence-electron chi connectivity index (χ3n) is 2.78. The predicted molar refractivity (Wildman–Crippen MR) is 72.2 cm³/mol. The molecule has 1 N–H and O–H groups in total. The van der Waals surface area contributed by atoms with Crippen molar-refractivity contribution in [3.8, 4) is 11.5 Å². The Bertz CT molecular complexity index is 593. The lowest BCUT2D eigenvalue weighted by atomic mass is 10.2. The van der Waals surface area contributed by atoms with Gasteiger partial charge in [0.1, 0.15) is 13.2 Å². The van der Waals surface area contributed by atoms with Crippen LogP contribution in [0.4, 0.5) is 11.6 Å². The average molecular weight is 257 g/mol. The quantitative estimate of drug-likeness (QED) is 0.896. The number of nitrogens with zero attached hydrogens (tertiary/aromatic N) is 2. The first-order valence-electron chi connectivity index (χ1n) is 6.20. The van der Waals surface area contributed by atoms with E-state index in [0.717, 1.165) is 28.6 Å². The largest absolute Gasteiger partial charge is 0.486 e. The van der Waals surface area contributed by atoms with Crippen LogP contribution in [0, 0.1) is 13.8 Å². The van der Waals surface area contributed by atoms with Gasteiger partial charge in [-0.25, -0.2) is 9.97 Å². The molecule has 0 bridgehead atoms. The molecule has 5 heteroatoms. The molecular formula is C14H15N3O2. The highest BCUT2D eigenvalue weighted by Crippen LogP contribution is 2.33. The van der Waals surface area contributed by atoms with Crippen molar-refractivity contribution < 1.29 is 9.47 Å². The van der Waals surface area contributed by atoms with Gasteiger partial charge < -0.3 is 14.8 Å². The summed E-state index contributed by atoms with van der Waals surface area (Å²) in [6.07, 6.45) is 0. The zero-order chi connectivity index (χ0) is 13.2. The van der Waals surface area contributed by atoms with Crippen LogP contribution in [-0.4, -0.2) is 23.2 Å². The van der Waals surface area contributed by atoms with Crippen molar-refractivity contribution in [3.63, 3.8) is 0 Å². The van der Waals surface area contributed by atoms with Crippen LogP contribution < -0.4 is 14.8 Å². The second-order valence-electron chi connectivity index (χ2n) is 4.46. The highest BCUT2D eigenvalue weighted by molar-refractivity contribution is 5.60. The fourth-order valence-electron chi connectivity index (χ4n) is 2.03. The van der Waals surface area contributed by atoms with Gasteiger partial charge in [-0.3, -0.25) is 0 Å². The van der Waals surface area contributed by atoms with Crippen LogP contribution in [0.3, 0.4) is 0 Å². The molecule has 1 aliphatic rings. The maximum Gasteiger partial charge on any atom is 0.227 e. The van der Waals surface area contributed by atoms with Crippen LogP contribution in [0.15, 0.2) is 24.3 Å². The summed E-state index contributed by atoms with van der Waals surface area (Å²) in [5.41, 5.74) is 2.76. The first-order valence-corrected chi connectivity index (χ1v) is 6.20. The number of fused-ring (bicyclic) bond motifs is 1. The fourth-order valence-corrected chi connectivity index (χ4v) is 2.03. The van der Waals surface area contributed by atoms with Crippen LogP contribution >= 0.6 is 0 Å². The summed E-state index contributed by atoms with van der Waals surface area (Å²) < 4.78 is 11.0. The monoisotopic (exact) mass is 257 g/mol. The topological polar surface area (TPSA) is 56.3 Å². The number of hydrogen-bond donors (Lipinski definition) is 1. The van der Waals surface area contributed by atoms with E-state index in [0.29, 0.717) is 19.2 Å². The minimum atomic E-state index is 0.580. The summed E-state index contributed by atoms with van der Waals surface area (Å²) >= 11 is 0. The Morgan fingerprint density at radius 1 is 0.947 bits per heavy atom. The van der Waals surface area contributed by atoms with Gasteiger partial charge in [0.25, 0.3) is 0 Å². The molecule has 0 atom stereocenters. The van der Waals surface area contributed by atoms with E-state index >= 15 is 0 Å². The Morgan fingerprint density at radius 3 is 2.37 bits per heavy atom. The number of hydrogen-bond acceptors (Lipinski definition) is 5. The minimum absolute atomic E-state index is 0.580. The molecular weight excluding hydrogens is 242 g/mol. The predicted octanol–water partition coefficient (Wildman–Crippen LogP) is 2.61. The number of nitrogens with one attached hydrogen (secondary N) is 1. The van der Waals surface area contributed by atoms with E-state index in [1.54, 1.807) is 0 Å². The molecule has 1 aromatic carbocycles. The molecule has 5 nitrogen and oxygen atoms in total. The molecule has 98 valence electrons. The van der Waals surface area contributed by atoms with Crippen molar-refractivity contribution in [2.45, 2.75) is 13.8 Å². The van der Waals surface area contributed by atoms with Gasteiger partial charge in [0, 0.05) is 23.1 Å². The summed E-state index contributed by atoms with van der Waals surface area (Å²) in [4.78, 5) is 8.69. The molecule has 0 spiro atoms. The van der Waals surface area contributed by atoms with Crippen LogP contribution in [0.25, 0.3) is 0 Å². The van der Waals surface area contributed by atoms with Gasteiger partial charge in [-0.15, -0.1) is 0 Å². The number of ether oxygens (including phenoxy) is 2. The van der Waals surface area contributed by atoms with Crippen LogP contribution in [0.2, 0.25) is 0 Å². The highest BCUT2D eigenvalue weighted by atomic mass is 16.6. The SMILES string of the molecule is Cc1cc(C)nc(Nc2ccc3c(c2)OCCO3)n1. The lowest BCUT2D eigenvalue weighted by Gasteiger charge is -2.19. The maximum atomic E-state index is 5.54. The standard InChI is InChI=1S/C14H15N3O2/c1-9-7-10(2)16-14(15-9)17-11-3-4-12-13(8-11)19-6-5-18-12/h3-4,7-8H,5-6H2,1-2H3,(H,15,16,17). The Kier molecular flexibility index (Phi) is 2.95. The molecule has 0 unspecified atom stereocenters. The highest BCUT2D eigenvalue weighted by Gasteiger charge is 2.12. The van der Waals surface area contributed by atoms with E-state index in [1.807, 2.05) is 38.1 Å². The van der Waals surface area contributed by atoms with Crippen molar-refractivity contribution in [3.05, 3.63) is 35.7 Å². The van der Waals surface area contributed by atoms with Crippen LogP contribution in [0.5, 0.6) is 11.5 Å². The third kappa shape index (κ3) is 2.59. The summed E-state index contributed by atoms with van der Waals surface area (Å²) in [6, 6.07) is 7.65. The molecule has 0 amide bonds. The molecule has 2 aromatic rings. The van der Waals surface area contributed by atoms with Gasteiger partial charge in [0.2, 0.25) is 5.95 Å². The van der Waals surface area contributed by atoms with Crippen molar-refractivity contribution in [1.82, 2.24) is 9.97 Å². The van der Waals surface area contributed by atoms with Gasteiger partial charge in [-0.05, 0) is 32.0 Å². The third-order valence-corrected chi connectivity index (χ3v) is 2.78. The van der Waals surface area contributed by atoms with Crippen molar-refractivity contribution >= 4 is 11.6 Å². The normalized spacial score (nSPS) is 13.2. The van der Waals surface area contributed by atoms with Gasteiger partial charge >= 0.3 is 0 Å². The second-order valence-corrected chi connectivity index (χ2v) is 4.46. The van der Waals surface area contributed by atoms with E-state index in [1.165, 1.54) is 0 Å². The number of aromatic nitrogens is 2. The van der Waals surface area contributed by atoms with Crippen molar-refractivity contribution in [2.24, 2.45) is 0 Å². The molecule has 1 aromatic heterocycles. The molecule has 3 rings (SSSR count). The fraction of sp³-hybridized carbons (Fsp3) is 0.286. The molecule has 0 saturated carbocycles. The molecule has 0 fully saturated rings.